The van der Waals surface area contributed by atoms with Gasteiger partial charge in [-0.25, -0.2) is 5.01 Å². The van der Waals surface area contributed by atoms with Crippen LogP contribution in [0.15, 0.2) is 48.5 Å². The molecule has 0 bridgehead atoms. The molecule has 1 aliphatic heterocycles. The molecule has 2 atom stereocenters. The van der Waals surface area contributed by atoms with Gasteiger partial charge in [0.25, 0.3) is 23.4 Å². The van der Waals surface area contributed by atoms with E-state index in [1.54, 1.807) is 18.2 Å². The largest absolute Gasteiger partial charge is 0.497 e. The van der Waals surface area contributed by atoms with Gasteiger partial charge in [-0.15, -0.1) is 0 Å². The molecule has 10 heteroatoms. The third kappa shape index (κ3) is 4.26. The SMILES string of the molecule is COc1cccc(C(=O)CN(C(=O)c2ccc([N+](=O)[O-])cc2)N2C(=O)[C@H]3CCCC[C@@H]3C2=O)c1. The first-order chi connectivity index (χ1) is 16.3. The van der Waals surface area contributed by atoms with E-state index in [0.717, 1.165) is 35.0 Å². The number of hydrogen-bond donors (Lipinski definition) is 0. The Hall–Kier alpha value is -4.08. The van der Waals surface area contributed by atoms with Crippen molar-refractivity contribution >= 4 is 29.2 Å². The zero-order valence-corrected chi connectivity index (χ0v) is 18.5. The molecule has 34 heavy (non-hydrogen) atoms. The van der Waals surface area contributed by atoms with Gasteiger partial charge in [-0.2, -0.15) is 5.01 Å². The molecular weight excluding hydrogens is 442 g/mol. The first kappa shape index (κ1) is 23.1. The minimum absolute atomic E-state index is 0.0134. The summed E-state index contributed by atoms with van der Waals surface area (Å²) in [5.74, 6) is -2.85. The van der Waals surface area contributed by atoms with Gasteiger partial charge in [0.1, 0.15) is 12.3 Å². The molecule has 10 nitrogen and oxygen atoms in total. The zero-order chi connectivity index (χ0) is 24.4. The summed E-state index contributed by atoms with van der Waals surface area (Å²) in [4.78, 5) is 63.3. The standard InChI is InChI=1S/C24H23N3O7/c1-34-18-6-4-5-16(13-18)21(28)14-25(22(29)15-9-11-17(12-10-15)27(32)33)26-23(30)19-7-2-3-8-20(19)24(26)31/h4-6,9-13,19-20H,2-3,7-8,14H2,1H3/t19-,20-/m0/s1. The van der Waals surface area contributed by atoms with Crippen LogP contribution in [0.25, 0.3) is 0 Å². The molecule has 4 rings (SSSR count). The summed E-state index contributed by atoms with van der Waals surface area (Å²) in [5.41, 5.74) is 0.0479. The zero-order valence-electron chi connectivity index (χ0n) is 18.5. The molecule has 2 fully saturated rings. The average Bonchev–Trinajstić information content (AvgIpc) is 3.12. The molecule has 1 saturated heterocycles. The summed E-state index contributed by atoms with van der Waals surface area (Å²) in [5, 5.41) is 12.6. The van der Waals surface area contributed by atoms with Crippen molar-refractivity contribution in [1.82, 2.24) is 10.0 Å². The van der Waals surface area contributed by atoms with E-state index in [-0.39, 0.29) is 16.8 Å². The lowest BCUT2D eigenvalue weighted by Crippen LogP contribution is -2.52. The van der Waals surface area contributed by atoms with Gasteiger partial charge in [-0.05, 0) is 37.1 Å². The molecule has 0 radical (unpaired) electrons. The number of methoxy groups -OCH3 is 1. The second-order valence-corrected chi connectivity index (χ2v) is 8.31. The number of non-ortho nitro benzene ring substituents is 1. The predicted octanol–water partition coefficient (Wildman–Crippen LogP) is 3.02. The normalized spacial score (nSPS) is 19.5. The van der Waals surface area contributed by atoms with Crippen LogP contribution < -0.4 is 4.74 Å². The van der Waals surface area contributed by atoms with Crippen LogP contribution in [0.4, 0.5) is 5.69 Å². The summed E-state index contributed by atoms with van der Waals surface area (Å²) in [6.45, 7) is -0.556. The minimum Gasteiger partial charge on any atom is -0.497 e. The highest BCUT2D eigenvalue weighted by Gasteiger charge is 2.51. The number of rotatable bonds is 7. The Balaban J connectivity index is 1.69. The number of fused-ring (bicyclic) bond motifs is 1. The van der Waals surface area contributed by atoms with Crippen LogP contribution >= 0.6 is 0 Å². The van der Waals surface area contributed by atoms with Crippen LogP contribution in [0.2, 0.25) is 0 Å². The first-order valence-corrected chi connectivity index (χ1v) is 10.9. The molecule has 1 saturated carbocycles. The summed E-state index contributed by atoms with van der Waals surface area (Å²) < 4.78 is 5.15. The van der Waals surface area contributed by atoms with Crippen molar-refractivity contribution in [2.24, 2.45) is 11.8 Å². The number of carbonyl (C=O) groups excluding carboxylic acids is 4. The van der Waals surface area contributed by atoms with E-state index in [2.05, 4.69) is 0 Å². The molecular formula is C24H23N3O7. The lowest BCUT2D eigenvalue weighted by atomic mass is 9.81. The van der Waals surface area contributed by atoms with Crippen molar-refractivity contribution in [2.45, 2.75) is 25.7 Å². The minimum atomic E-state index is -0.772. The number of amides is 3. The maximum absolute atomic E-state index is 13.4. The Labute approximate surface area is 195 Å². The van der Waals surface area contributed by atoms with Crippen molar-refractivity contribution in [3.05, 3.63) is 69.8 Å². The van der Waals surface area contributed by atoms with Crippen molar-refractivity contribution in [2.75, 3.05) is 13.7 Å². The van der Waals surface area contributed by atoms with E-state index in [1.807, 2.05) is 0 Å². The van der Waals surface area contributed by atoms with Crippen molar-refractivity contribution in [3.8, 4) is 5.75 Å². The van der Waals surface area contributed by atoms with Gasteiger partial charge in [0.2, 0.25) is 0 Å². The number of imide groups is 1. The van der Waals surface area contributed by atoms with Crippen LogP contribution in [-0.2, 0) is 9.59 Å². The Morgan fingerprint density at radius 2 is 1.65 bits per heavy atom. The van der Waals surface area contributed by atoms with Crippen LogP contribution in [0.5, 0.6) is 5.75 Å². The van der Waals surface area contributed by atoms with Gasteiger partial charge in [-0.3, -0.25) is 29.3 Å². The second kappa shape index (κ2) is 9.42. The number of hydrogen-bond acceptors (Lipinski definition) is 7. The summed E-state index contributed by atoms with van der Waals surface area (Å²) >= 11 is 0. The second-order valence-electron chi connectivity index (χ2n) is 8.31. The Kier molecular flexibility index (Phi) is 6.40. The maximum Gasteiger partial charge on any atom is 0.273 e. The molecule has 0 spiro atoms. The fourth-order valence-corrected chi connectivity index (χ4v) is 4.51. The molecule has 1 heterocycles. The average molecular weight is 465 g/mol. The molecule has 0 N–H and O–H groups in total. The number of ketones is 1. The van der Waals surface area contributed by atoms with Gasteiger partial charge in [-0.1, -0.05) is 25.0 Å². The first-order valence-electron chi connectivity index (χ1n) is 10.9. The number of nitrogens with zero attached hydrogens (tertiary/aromatic N) is 3. The van der Waals surface area contributed by atoms with E-state index in [1.165, 1.54) is 25.3 Å². The van der Waals surface area contributed by atoms with E-state index >= 15 is 0 Å². The molecule has 2 aliphatic rings. The van der Waals surface area contributed by atoms with Crippen molar-refractivity contribution in [1.29, 1.82) is 0 Å². The van der Waals surface area contributed by atoms with Gasteiger partial charge >= 0.3 is 0 Å². The monoisotopic (exact) mass is 465 g/mol. The topological polar surface area (TPSA) is 127 Å². The number of hydrazine groups is 1. The number of carbonyl (C=O) groups is 4. The van der Waals surface area contributed by atoms with E-state index < -0.39 is 46.8 Å². The fraction of sp³-hybridized carbons (Fsp3) is 0.333. The van der Waals surface area contributed by atoms with Gasteiger partial charge in [0.15, 0.2) is 5.78 Å². The Morgan fingerprint density at radius 3 is 2.21 bits per heavy atom. The molecule has 3 amide bonds. The van der Waals surface area contributed by atoms with Gasteiger partial charge in [0, 0.05) is 23.3 Å². The Morgan fingerprint density at radius 1 is 1.03 bits per heavy atom. The number of nitro benzene ring substituents is 1. The molecule has 2 aromatic rings. The fourth-order valence-electron chi connectivity index (χ4n) is 4.51. The predicted molar refractivity (Wildman–Crippen MR) is 119 cm³/mol. The quantitative estimate of drug-likeness (QED) is 0.266. The highest BCUT2D eigenvalue weighted by molar-refractivity contribution is 6.09. The molecule has 0 aromatic heterocycles. The number of benzene rings is 2. The summed E-state index contributed by atoms with van der Waals surface area (Å²) in [7, 11) is 1.46. The lowest BCUT2D eigenvalue weighted by Gasteiger charge is -2.30. The van der Waals surface area contributed by atoms with Crippen LogP contribution in [-0.4, -0.2) is 52.1 Å². The van der Waals surface area contributed by atoms with E-state index in [4.69, 9.17) is 4.74 Å². The van der Waals surface area contributed by atoms with Crippen LogP contribution in [0.3, 0.4) is 0 Å². The smallest absolute Gasteiger partial charge is 0.273 e. The van der Waals surface area contributed by atoms with Crippen LogP contribution in [0, 0.1) is 22.0 Å². The third-order valence-corrected chi connectivity index (χ3v) is 6.30. The number of ether oxygens (including phenoxy) is 1. The third-order valence-electron chi connectivity index (χ3n) is 6.30. The molecule has 176 valence electrons. The van der Waals surface area contributed by atoms with Gasteiger partial charge < -0.3 is 4.74 Å². The van der Waals surface area contributed by atoms with Crippen molar-refractivity contribution in [3.63, 3.8) is 0 Å². The van der Waals surface area contributed by atoms with E-state index in [9.17, 15) is 29.3 Å². The van der Waals surface area contributed by atoms with Crippen molar-refractivity contribution < 1.29 is 28.8 Å². The van der Waals surface area contributed by atoms with Gasteiger partial charge in [0.05, 0.1) is 23.9 Å². The maximum atomic E-state index is 13.4. The molecule has 0 unspecified atom stereocenters. The highest BCUT2D eigenvalue weighted by Crippen LogP contribution is 2.39. The highest BCUT2D eigenvalue weighted by atomic mass is 16.6. The summed E-state index contributed by atoms with van der Waals surface area (Å²) in [6.07, 6.45) is 2.73. The Bertz CT molecular complexity index is 1140. The molecule has 1 aliphatic carbocycles. The number of Topliss-reactive ketones (excluding diaryl/α,β-unsaturated/α-hetero) is 1. The summed E-state index contributed by atoms with van der Waals surface area (Å²) in [6, 6.07) is 11.1. The number of nitro groups is 1. The van der Waals surface area contributed by atoms with E-state index in [0.29, 0.717) is 18.6 Å². The molecule has 2 aromatic carbocycles. The lowest BCUT2D eigenvalue weighted by molar-refractivity contribution is -0.384. The van der Waals surface area contributed by atoms with Crippen LogP contribution in [0.1, 0.15) is 46.4 Å².